The van der Waals surface area contributed by atoms with Crippen LogP contribution < -0.4 is 9.47 Å². The minimum atomic E-state index is -0.676. The standard InChI is InChI=1S/C13H13NO5/c1-7-14-11(13(15)16-2)12(19-7)8-3-4-9-10(5-8)18-6-17-9/h3-5,11-12H,6H2,1-2H3. The van der Waals surface area contributed by atoms with Crippen LogP contribution in [0.4, 0.5) is 0 Å². The van der Waals surface area contributed by atoms with Gasteiger partial charge in [0.05, 0.1) is 7.11 Å². The third-order valence-corrected chi connectivity index (χ3v) is 3.07. The van der Waals surface area contributed by atoms with Crippen LogP contribution in [0.5, 0.6) is 11.5 Å². The van der Waals surface area contributed by atoms with Crippen molar-refractivity contribution in [2.24, 2.45) is 4.99 Å². The molecule has 2 unspecified atom stereocenters. The smallest absolute Gasteiger partial charge is 0.335 e. The minimum Gasteiger partial charge on any atom is -0.470 e. The average Bonchev–Trinajstić information content (AvgIpc) is 3.02. The number of nitrogens with zero attached hydrogens (tertiary/aromatic N) is 1. The van der Waals surface area contributed by atoms with Crippen molar-refractivity contribution in [3.8, 4) is 11.5 Å². The first-order chi connectivity index (χ1) is 9.19. The topological polar surface area (TPSA) is 66.4 Å². The van der Waals surface area contributed by atoms with Crippen LogP contribution in [0.2, 0.25) is 0 Å². The summed E-state index contributed by atoms with van der Waals surface area (Å²) >= 11 is 0. The van der Waals surface area contributed by atoms with Gasteiger partial charge in [0.25, 0.3) is 0 Å². The van der Waals surface area contributed by atoms with E-state index in [4.69, 9.17) is 18.9 Å². The van der Waals surface area contributed by atoms with Crippen LogP contribution in [0.1, 0.15) is 18.6 Å². The van der Waals surface area contributed by atoms with Gasteiger partial charge in [-0.25, -0.2) is 9.79 Å². The quantitative estimate of drug-likeness (QED) is 0.755. The number of esters is 1. The molecule has 0 aromatic heterocycles. The Morgan fingerprint density at radius 2 is 2.16 bits per heavy atom. The molecule has 100 valence electrons. The Kier molecular flexibility index (Phi) is 2.77. The third-order valence-electron chi connectivity index (χ3n) is 3.07. The predicted molar refractivity (Wildman–Crippen MR) is 65.3 cm³/mol. The third kappa shape index (κ3) is 1.99. The van der Waals surface area contributed by atoms with E-state index in [1.165, 1.54) is 7.11 Å². The predicted octanol–water partition coefficient (Wildman–Crippen LogP) is 1.45. The molecule has 2 heterocycles. The molecule has 1 aromatic rings. The molecule has 0 fully saturated rings. The van der Waals surface area contributed by atoms with Crippen molar-refractivity contribution < 1.29 is 23.7 Å². The van der Waals surface area contributed by atoms with Gasteiger partial charge in [-0.05, 0) is 17.7 Å². The summed E-state index contributed by atoms with van der Waals surface area (Å²) in [5.74, 6) is 1.39. The van der Waals surface area contributed by atoms with Gasteiger partial charge in [0.15, 0.2) is 29.5 Å². The molecule has 2 atom stereocenters. The maximum Gasteiger partial charge on any atom is 0.335 e. The number of ether oxygens (including phenoxy) is 4. The van der Waals surface area contributed by atoms with E-state index in [-0.39, 0.29) is 6.79 Å². The fourth-order valence-electron chi connectivity index (χ4n) is 2.18. The number of aliphatic imine (C=N–C) groups is 1. The summed E-state index contributed by atoms with van der Waals surface area (Å²) < 4.78 is 20.9. The fourth-order valence-corrected chi connectivity index (χ4v) is 2.18. The van der Waals surface area contributed by atoms with E-state index in [9.17, 15) is 4.79 Å². The van der Waals surface area contributed by atoms with Crippen molar-refractivity contribution in [3.63, 3.8) is 0 Å². The number of benzene rings is 1. The number of hydrogen-bond donors (Lipinski definition) is 0. The van der Waals surface area contributed by atoms with Gasteiger partial charge in [-0.15, -0.1) is 0 Å². The fraction of sp³-hybridized carbons (Fsp3) is 0.385. The molecule has 6 nitrogen and oxygen atoms in total. The number of methoxy groups -OCH3 is 1. The van der Waals surface area contributed by atoms with Crippen LogP contribution in [0.25, 0.3) is 0 Å². The zero-order chi connectivity index (χ0) is 13.4. The zero-order valence-corrected chi connectivity index (χ0v) is 10.6. The van der Waals surface area contributed by atoms with Gasteiger partial charge in [-0.3, -0.25) is 0 Å². The van der Waals surface area contributed by atoms with Crippen LogP contribution in [-0.2, 0) is 14.3 Å². The van der Waals surface area contributed by atoms with E-state index in [0.29, 0.717) is 17.4 Å². The molecule has 6 heteroatoms. The lowest BCUT2D eigenvalue weighted by atomic mass is 10.0. The molecule has 2 aliphatic rings. The van der Waals surface area contributed by atoms with E-state index in [1.54, 1.807) is 19.1 Å². The van der Waals surface area contributed by atoms with Crippen LogP contribution in [0.3, 0.4) is 0 Å². The van der Waals surface area contributed by atoms with Crippen LogP contribution in [0.15, 0.2) is 23.2 Å². The number of carbonyl (C=O) groups excluding carboxylic acids is 1. The summed E-state index contributed by atoms with van der Waals surface area (Å²) in [6.45, 7) is 1.92. The lowest BCUT2D eigenvalue weighted by Gasteiger charge is -2.16. The molecule has 0 radical (unpaired) electrons. The van der Waals surface area contributed by atoms with Crippen molar-refractivity contribution in [3.05, 3.63) is 23.8 Å². The summed E-state index contributed by atoms with van der Waals surface area (Å²) in [6, 6.07) is 4.76. The number of rotatable bonds is 2. The van der Waals surface area contributed by atoms with Crippen LogP contribution in [-0.4, -0.2) is 31.8 Å². The highest BCUT2D eigenvalue weighted by atomic mass is 16.7. The zero-order valence-electron chi connectivity index (χ0n) is 10.6. The SMILES string of the molecule is COC(=O)C1N=C(C)OC1c1ccc2c(c1)OCO2. The normalized spacial score (nSPS) is 23.8. The number of carbonyl (C=O) groups is 1. The number of fused-ring (bicyclic) bond motifs is 1. The molecule has 0 spiro atoms. The average molecular weight is 263 g/mol. The van der Waals surface area contributed by atoms with E-state index in [0.717, 1.165) is 5.56 Å². The summed E-state index contributed by atoms with van der Waals surface area (Å²) in [5, 5.41) is 0. The van der Waals surface area contributed by atoms with Crippen molar-refractivity contribution >= 4 is 11.9 Å². The largest absolute Gasteiger partial charge is 0.470 e. The maximum atomic E-state index is 11.7. The first-order valence-corrected chi connectivity index (χ1v) is 5.87. The van der Waals surface area contributed by atoms with Crippen LogP contribution in [0, 0.1) is 0 Å². The molecular weight excluding hydrogens is 250 g/mol. The first kappa shape index (κ1) is 11.8. The molecule has 19 heavy (non-hydrogen) atoms. The first-order valence-electron chi connectivity index (χ1n) is 5.87. The number of hydrogen-bond acceptors (Lipinski definition) is 6. The summed E-state index contributed by atoms with van der Waals surface area (Å²) in [6.07, 6.45) is -0.484. The highest BCUT2D eigenvalue weighted by Gasteiger charge is 2.37. The highest BCUT2D eigenvalue weighted by Crippen LogP contribution is 2.37. The minimum absolute atomic E-state index is 0.209. The molecule has 0 amide bonds. The molecule has 0 saturated carbocycles. The Bertz CT molecular complexity index is 554. The molecule has 3 rings (SSSR count). The van der Waals surface area contributed by atoms with E-state index >= 15 is 0 Å². The van der Waals surface area contributed by atoms with Crippen molar-refractivity contribution in [2.75, 3.05) is 13.9 Å². The van der Waals surface area contributed by atoms with Gasteiger partial charge in [0.2, 0.25) is 6.79 Å². The van der Waals surface area contributed by atoms with Crippen molar-refractivity contribution in [1.29, 1.82) is 0 Å². The van der Waals surface area contributed by atoms with Gasteiger partial charge in [0, 0.05) is 6.92 Å². The van der Waals surface area contributed by atoms with E-state index in [1.807, 2.05) is 6.07 Å². The van der Waals surface area contributed by atoms with Gasteiger partial charge in [-0.1, -0.05) is 6.07 Å². The lowest BCUT2D eigenvalue weighted by molar-refractivity contribution is -0.143. The maximum absolute atomic E-state index is 11.7. The summed E-state index contributed by atoms with van der Waals surface area (Å²) in [5.41, 5.74) is 0.806. The second kappa shape index (κ2) is 4.46. The van der Waals surface area contributed by atoms with Gasteiger partial charge >= 0.3 is 5.97 Å². The monoisotopic (exact) mass is 263 g/mol. The summed E-state index contributed by atoms with van der Waals surface area (Å²) in [7, 11) is 1.34. The Hall–Kier alpha value is -2.24. The van der Waals surface area contributed by atoms with Crippen molar-refractivity contribution in [1.82, 2.24) is 0 Å². The highest BCUT2D eigenvalue weighted by molar-refractivity contribution is 5.85. The van der Waals surface area contributed by atoms with Gasteiger partial charge in [0.1, 0.15) is 0 Å². The Balaban J connectivity index is 1.91. The molecule has 0 saturated heterocycles. The molecule has 1 aromatic carbocycles. The van der Waals surface area contributed by atoms with Crippen LogP contribution >= 0.6 is 0 Å². The molecule has 0 aliphatic carbocycles. The molecule has 2 aliphatic heterocycles. The molecule has 0 N–H and O–H groups in total. The molecule has 0 bridgehead atoms. The Morgan fingerprint density at radius 3 is 2.95 bits per heavy atom. The molecular formula is C13H13NO5. The van der Waals surface area contributed by atoms with Gasteiger partial charge < -0.3 is 18.9 Å². The van der Waals surface area contributed by atoms with Gasteiger partial charge in [-0.2, -0.15) is 0 Å². The lowest BCUT2D eigenvalue weighted by Crippen LogP contribution is -2.25. The van der Waals surface area contributed by atoms with E-state index < -0.39 is 18.1 Å². The second-order valence-electron chi connectivity index (χ2n) is 4.27. The summed E-state index contributed by atoms with van der Waals surface area (Å²) in [4.78, 5) is 15.9. The van der Waals surface area contributed by atoms with E-state index in [2.05, 4.69) is 4.99 Å². The second-order valence-corrected chi connectivity index (χ2v) is 4.27. The Labute approximate surface area is 109 Å². The van der Waals surface area contributed by atoms with Crippen molar-refractivity contribution in [2.45, 2.75) is 19.1 Å². The Morgan fingerprint density at radius 1 is 1.37 bits per heavy atom.